The van der Waals surface area contributed by atoms with Crippen molar-refractivity contribution < 1.29 is 4.79 Å². The number of benzene rings is 1. The van der Waals surface area contributed by atoms with E-state index in [4.69, 9.17) is 0 Å². The molecule has 2 heterocycles. The van der Waals surface area contributed by atoms with E-state index in [1.54, 1.807) is 4.57 Å². The van der Waals surface area contributed by atoms with Crippen LogP contribution in [-0.4, -0.2) is 28.0 Å². The zero-order valence-electron chi connectivity index (χ0n) is 12.2. The van der Waals surface area contributed by atoms with E-state index in [1.807, 2.05) is 29.2 Å². The maximum atomic E-state index is 12.4. The van der Waals surface area contributed by atoms with Gasteiger partial charge < -0.3 is 4.90 Å². The smallest absolute Gasteiger partial charge is 0.308 e. The van der Waals surface area contributed by atoms with Crippen molar-refractivity contribution in [3.8, 4) is 0 Å². The van der Waals surface area contributed by atoms with Gasteiger partial charge in [-0.25, -0.2) is 0 Å². The van der Waals surface area contributed by atoms with E-state index < -0.39 is 0 Å². The molecule has 1 unspecified atom stereocenters. The highest BCUT2D eigenvalue weighted by Crippen LogP contribution is 2.19. The van der Waals surface area contributed by atoms with Crippen LogP contribution in [0.2, 0.25) is 0 Å². The Morgan fingerprint density at radius 1 is 1.33 bits per heavy atom. The van der Waals surface area contributed by atoms with E-state index in [-0.39, 0.29) is 10.8 Å². The van der Waals surface area contributed by atoms with Gasteiger partial charge in [-0.3, -0.25) is 14.2 Å². The number of piperidine rings is 1. The fraction of sp³-hybridized carbons (Fsp3) is 0.500. The van der Waals surface area contributed by atoms with Crippen LogP contribution in [0.15, 0.2) is 29.1 Å². The summed E-state index contributed by atoms with van der Waals surface area (Å²) in [6.45, 7) is 3.45. The number of thiazole rings is 1. The number of carbonyl (C=O) groups is 1. The molecule has 1 aromatic heterocycles. The molecule has 4 nitrogen and oxygen atoms in total. The molecule has 1 aliphatic rings. The van der Waals surface area contributed by atoms with Gasteiger partial charge >= 0.3 is 4.87 Å². The zero-order valence-corrected chi connectivity index (χ0v) is 13.1. The molecular formula is C16H20N2O2S. The summed E-state index contributed by atoms with van der Waals surface area (Å²) < 4.78 is 2.72. The summed E-state index contributed by atoms with van der Waals surface area (Å²) in [7, 11) is 0. The zero-order chi connectivity index (χ0) is 14.8. The van der Waals surface area contributed by atoms with Gasteiger partial charge in [-0.05, 0) is 38.3 Å². The molecule has 0 radical (unpaired) electrons. The van der Waals surface area contributed by atoms with E-state index in [0.717, 1.165) is 29.6 Å². The fourth-order valence-corrected chi connectivity index (χ4v) is 3.96. The quantitative estimate of drug-likeness (QED) is 0.875. The summed E-state index contributed by atoms with van der Waals surface area (Å²) in [5, 5.41) is 0. The highest BCUT2D eigenvalue weighted by molar-refractivity contribution is 7.16. The summed E-state index contributed by atoms with van der Waals surface area (Å²) in [5.74, 6) is 0.171. The molecule has 1 aliphatic heterocycles. The van der Waals surface area contributed by atoms with Crippen LogP contribution < -0.4 is 4.87 Å². The number of carbonyl (C=O) groups excluding carboxylic acids is 1. The lowest BCUT2D eigenvalue weighted by molar-refractivity contribution is -0.134. The number of hydrogen-bond donors (Lipinski definition) is 0. The minimum atomic E-state index is 0.0238. The van der Waals surface area contributed by atoms with Crippen molar-refractivity contribution >= 4 is 27.5 Å². The maximum Gasteiger partial charge on any atom is 0.308 e. The lowest BCUT2D eigenvalue weighted by Crippen LogP contribution is -2.42. The summed E-state index contributed by atoms with van der Waals surface area (Å²) in [6, 6.07) is 8.10. The number of likely N-dealkylation sites (tertiary alicyclic amines) is 1. The van der Waals surface area contributed by atoms with Crippen LogP contribution in [-0.2, 0) is 11.3 Å². The minimum Gasteiger partial charge on any atom is -0.340 e. The van der Waals surface area contributed by atoms with Crippen LogP contribution in [0.3, 0.4) is 0 Å². The lowest BCUT2D eigenvalue weighted by Gasteiger charge is -2.33. The molecule has 1 aromatic carbocycles. The van der Waals surface area contributed by atoms with Crippen molar-refractivity contribution in [2.45, 2.75) is 45.2 Å². The molecule has 0 saturated carbocycles. The van der Waals surface area contributed by atoms with Crippen LogP contribution in [0.4, 0.5) is 0 Å². The predicted octanol–water partition coefficient (Wildman–Crippen LogP) is 2.85. The second-order valence-electron chi connectivity index (χ2n) is 5.67. The van der Waals surface area contributed by atoms with Gasteiger partial charge in [0.1, 0.15) is 0 Å². The highest BCUT2D eigenvalue weighted by atomic mass is 32.1. The summed E-state index contributed by atoms with van der Waals surface area (Å²) in [6.07, 6.45) is 3.80. The Bertz CT molecular complexity index is 704. The Morgan fingerprint density at radius 2 is 2.14 bits per heavy atom. The number of hydrogen-bond acceptors (Lipinski definition) is 3. The Kier molecular flexibility index (Phi) is 4.10. The van der Waals surface area contributed by atoms with Gasteiger partial charge in [0, 0.05) is 25.6 Å². The summed E-state index contributed by atoms with van der Waals surface area (Å²) in [5.41, 5.74) is 0.937. The van der Waals surface area contributed by atoms with Crippen molar-refractivity contribution in [2.75, 3.05) is 6.54 Å². The molecule has 5 heteroatoms. The van der Waals surface area contributed by atoms with E-state index in [2.05, 4.69) is 6.92 Å². The van der Waals surface area contributed by atoms with E-state index in [9.17, 15) is 9.59 Å². The standard InChI is InChI=1S/C16H20N2O2S/c1-12-6-4-5-10-17(12)15(19)9-11-18-13-7-2-3-8-14(13)21-16(18)20/h2-3,7-8,12H,4-6,9-11H2,1H3. The lowest BCUT2D eigenvalue weighted by atomic mass is 10.0. The summed E-state index contributed by atoms with van der Waals surface area (Å²) in [4.78, 5) is 26.4. The number of aromatic nitrogens is 1. The third kappa shape index (κ3) is 2.88. The van der Waals surface area contributed by atoms with Crippen molar-refractivity contribution in [3.63, 3.8) is 0 Å². The topological polar surface area (TPSA) is 42.3 Å². The first-order chi connectivity index (χ1) is 10.2. The van der Waals surface area contributed by atoms with Gasteiger partial charge in [0.15, 0.2) is 0 Å². The molecule has 0 bridgehead atoms. The molecule has 1 fully saturated rings. The van der Waals surface area contributed by atoms with Gasteiger partial charge in [0.25, 0.3) is 0 Å². The molecule has 0 aliphatic carbocycles. The van der Waals surface area contributed by atoms with Crippen molar-refractivity contribution in [2.24, 2.45) is 0 Å². The molecule has 21 heavy (non-hydrogen) atoms. The fourth-order valence-electron chi connectivity index (χ4n) is 3.05. The number of fused-ring (bicyclic) bond motifs is 1. The first kappa shape index (κ1) is 14.3. The Labute approximate surface area is 128 Å². The van der Waals surface area contributed by atoms with Crippen LogP contribution >= 0.6 is 11.3 Å². The van der Waals surface area contributed by atoms with Gasteiger partial charge in [0.05, 0.1) is 10.2 Å². The van der Waals surface area contributed by atoms with E-state index >= 15 is 0 Å². The van der Waals surface area contributed by atoms with Crippen molar-refractivity contribution in [1.82, 2.24) is 9.47 Å². The molecule has 2 aromatic rings. The Hall–Kier alpha value is -1.62. The van der Waals surface area contributed by atoms with Crippen molar-refractivity contribution in [1.29, 1.82) is 0 Å². The molecule has 0 spiro atoms. The Balaban J connectivity index is 1.73. The van der Waals surface area contributed by atoms with Crippen molar-refractivity contribution in [3.05, 3.63) is 33.9 Å². The molecule has 112 valence electrons. The van der Waals surface area contributed by atoms with Gasteiger partial charge in [0.2, 0.25) is 5.91 Å². The SMILES string of the molecule is CC1CCCCN1C(=O)CCn1c(=O)sc2ccccc21. The maximum absolute atomic E-state index is 12.4. The largest absolute Gasteiger partial charge is 0.340 e. The second-order valence-corrected chi connectivity index (χ2v) is 6.66. The van der Waals surface area contributed by atoms with Gasteiger partial charge in [-0.1, -0.05) is 23.5 Å². The highest BCUT2D eigenvalue weighted by Gasteiger charge is 2.23. The van der Waals surface area contributed by atoms with Crippen LogP contribution in [0.25, 0.3) is 10.2 Å². The average Bonchev–Trinajstić information content (AvgIpc) is 2.81. The monoisotopic (exact) mass is 304 g/mol. The first-order valence-electron chi connectivity index (χ1n) is 7.54. The normalized spacial score (nSPS) is 19.1. The number of nitrogens with zero attached hydrogens (tertiary/aromatic N) is 2. The molecule has 0 N–H and O–H groups in total. The first-order valence-corrected chi connectivity index (χ1v) is 8.36. The molecule has 1 amide bonds. The molecular weight excluding hydrogens is 284 g/mol. The summed E-state index contributed by atoms with van der Waals surface area (Å²) >= 11 is 1.25. The van der Waals surface area contributed by atoms with Crippen LogP contribution in [0, 0.1) is 0 Å². The molecule has 3 rings (SSSR count). The molecule has 1 saturated heterocycles. The predicted molar refractivity (Wildman–Crippen MR) is 85.7 cm³/mol. The minimum absolute atomic E-state index is 0.0238. The van der Waals surface area contributed by atoms with Crippen LogP contribution in [0.1, 0.15) is 32.6 Å². The third-order valence-corrected chi connectivity index (χ3v) is 5.21. The third-order valence-electron chi connectivity index (χ3n) is 4.25. The van der Waals surface area contributed by atoms with Gasteiger partial charge in [-0.2, -0.15) is 0 Å². The number of para-hydroxylation sites is 1. The van der Waals surface area contributed by atoms with Crippen LogP contribution in [0.5, 0.6) is 0 Å². The van der Waals surface area contributed by atoms with E-state index in [1.165, 1.54) is 17.8 Å². The number of amides is 1. The van der Waals surface area contributed by atoms with Gasteiger partial charge in [-0.15, -0.1) is 0 Å². The Morgan fingerprint density at radius 3 is 2.95 bits per heavy atom. The second kappa shape index (κ2) is 6.02. The van der Waals surface area contributed by atoms with E-state index in [0.29, 0.717) is 19.0 Å². The molecule has 1 atom stereocenters. The number of rotatable bonds is 3. The number of aryl methyl sites for hydroxylation is 1. The average molecular weight is 304 g/mol.